The molecule has 83 heavy (non-hydrogen) atoms. The van der Waals surface area contributed by atoms with Crippen LogP contribution in [-0.2, 0) is 14.3 Å². The van der Waals surface area contributed by atoms with Crippen molar-refractivity contribution in [3.8, 4) is 0 Å². The van der Waals surface area contributed by atoms with Gasteiger partial charge >= 0.3 is 5.97 Å². The molecule has 490 valence electrons. The molecular formula is C77H147NO5. The quantitative estimate of drug-likeness (QED) is 0.0320. The van der Waals surface area contributed by atoms with Crippen molar-refractivity contribution in [2.24, 2.45) is 0 Å². The maximum Gasteiger partial charge on any atom is 0.305 e. The van der Waals surface area contributed by atoms with Crippen LogP contribution in [-0.4, -0.2) is 47.4 Å². The van der Waals surface area contributed by atoms with Gasteiger partial charge in [-0.1, -0.05) is 359 Å². The number of esters is 1. The highest BCUT2D eigenvalue weighted by Gasteiger charge is 2.20. The van der Waals surface area contributed by atoms with Crippen molar-refractivity contribution in [1.82, 2.24) is 5.32 Å². The van der Waals surface area contributed by atoms with Crippen LogP contribution < -0.4 is 5.32 Å². The summed E-state index contributed by atoms with van der Waals surface area (Å²) in [6.45, 7) is 4.98. The van der Waals surface area contributed by atoms with Gasteiger partial charge in [-0.3, -0.25) is 9.59 Å². The lowest BCUT2D eigenvalue weighted by Gasteiger charge is -2.22. The Balaban J connectivity index is 3.42. The number of amides is 1. The van der Waals surface area contributed by atoms with Crippen LogP contribution in [0.3, 0.4) is 0 Å². The molecule has 0 heterocycles. The molecular weight excluding hydrogens is 1020 g/mol. The lowest BCUT2D eigenvalue weighted by molar-refractivity contribution is -0.143. The number of aliphatic hydroxyl groups is 2. The Morgan fingerprint density at radius 3 is 0.928 bits per heavy atom. The summed E-state index contributed by atoms with van der Waals surface area (Å²) in [5.74, 6) is -0.0297. The molecule has 6 nitrogen and oxygen atoms in total. The number of rotatable bonds is 71. The summed E-state index contributed by atoms with van der Waals surface area (Å²) < 4.78 is 5.50. The SMILES string of the molecule is CCCCCCCCC/C=C\CCCCCCCCCC(=O)OCCCCCCCCCCC/C=C\C/C=C\CCCCCCCCCCCC(=O)NC(CO)C(O)CCCCCCCCCCCCCCCCCCCCCCCCC. The minimum Gasteiger partial charge on any atom is -0.466 e. The van der Waals surface area contributed by atoms with Crippen molar-refractivity contribution in [2.45, 2.75) is 431 Å². The first-order valence-corrected chi connectivity index (χ1v) is 37.7. The van der Waals surface area contributed by atoms with E-state index in [9.17, 15) is 19.8 Å². The number of aliphatic hydroxyl groups excluding tert-OH is 2. The summed E-state index contributed by atoms with van der Waals surface area (Å²) in [5, 5.41) is 23.4. The summed E-state index contributed by atoms with van der Waals surface area (Å²) in [4.78, 5) is 24.7. The fourth-order valence-corrected chi connectivity index (χ4v) is 11.9. The first kappa shape index (κ1) is 81.1. The van der Waals surface area contributed by atoms with Crippen molar-refractivity contribution in [2.75, 3.05) is 13.2 Å². The summed E-state index contributed by atoms with van der Waals surface area (Å²) in [6, 6.07) is -0.548. The summed E-state index contributed by atoms with van der Waals surface area (Å²) >= 11 is 0. The van der Waals surface area contributed by atoms with Crippen LogP contribution in [0.4, 0.5) is 0 Å². The highest BCUT2D eigenvalue weighted by molar-refractivity contribution is 5.76. The molecule has 0 aromatic heterocycles. The van der Waals surface area contributed by atoms with Gasteiger partial charge < -0.3 is 20.3 Å². The summed E-state index contributed by atoms with van der Waals surface area (Å²) in [5.41, 5.74) is 0. The third kappa shape index (κ3) is 69.1. The Bertz CT molecular complexity index is 1340. The van der Waals surface area contributed by atoms with Crippen LogP contribution in [0.2, 0.25) is 0 Å². The molecule has 0 aliphatic rings. The first-order chi connectivity index (χ1) is 41.0. The van der Waals surface area contributed by atoms with Crippen molar-refractivity contribution in [3.63, 3.8) is 0 Å². The first-order valence-electron chi connectivity index (χ1n) is 37.7. The molecule has 0 radical (unpaired) electrons. The Hall–Kier alpha value is -1.92. The van der Waals surface area contributed by atoms with Gasteiger partial charge in [0.05, 0.1) is 25.4 Å². The number of ether oxygens (including phenoxy) is 1. The van der Waals surface area contributed by atoms with E-state index < -0.39 is 12.1 Å². The molecule has 2 atom stereocenters. The third-order valence-corrected chi connectivity index (χ3v) is 17.7. The van der Waals surface area contributed by atoms with E-state index in [1.54, 1.807) is 0 Å². The van der Waals surface area contributed by atoms with E-state index in [1.165, 1.54) is 334 Å². The van der Waals surface area contributed by atoms with E-state index in [-0.39, 0.29) is 18.5 Å². The van der Waals surface area contributed by atoms with Gasteiger partial charge in [0.2, 0.25) is 5.91 Å². The zero-order valence-electron chi connectivity index (χ0n) is 56.2. The number of hydrogen-bond donors (Lipinski definition) is 3. The summed E-state index contributed by atoms with van der Waals surface area (Å²) in [6.07, 6.45) is 93.5. The molecule has 6 heteroatoms. The topological polar surface area (TPSA) is 95.9 Å². The standard InChI is InChI=1S/C77H147NO5/c1-3-5-7-9-11-13-15-17-19-21-23-24-28-31-34-37-41-45-49-53-57-61-65-69-75(80)74(73-79)78-76(81)70-66-62-58-54-50-46-42-38-35-32-29-26-25-27-30-33-36-40-44-48-52-56-60-64-68-72-83-77(82)71-67-63-59-55-51-47-43-39-22-20-18-16-14-12-10-8-6-4-2/h20,22,26-27,29-30,74-75,79-80H,3-19,21,23-25,28,31-73H2,1-2H3,(H,78,81)/b22-20-,29-26-,30-27-. The predicted molar refractivity (Wildman–Crippen MR) is 366 cm³/mol. The van der Waals surface area contributed by atoms with Crippen molar-refractivity contribution >= 4 is 11.9 Å². The number of allylic oxidation sites excluding steroid dienone is 6. The minimum atomic E-state index is -0.670. The second kappa shape index (κ2) is 72.6. The highest BCUT2D eigenvalue weighted by Crippen LogP contribution is 2.19. The molecule has 0 rings (SSSR count). The van der Waals surface area contributed by atoms with Gasteiger partial charge in [-0.2, -0.15) is 0 Å². The van der Waals surface area contributed by atoms with Gasteiger partial charge in [0.25, 0.3) is 0 Å². The van der Waals surface area contributed by atoms with E-state index in [2.05, 4.69) is 55.6 Å². The van der Waals surface area contributed by atoms with Crippen LogP contribution in [0, 0.1) is 0 Å². The highest BCUT2D eigenvalue weighted by atomic mass is 16.5. The Morgan fingerprint density at radius 2 is 0.602 bits per heavy atom. The Morgan fingerprint density at radius 1 is 0.337 bits per heavy atom. The number of hydrogen-bond acceptors (Lipinski definition) is 5. The molecule has 1 amide bonds. The smallest absolute Gasteiger partial charge is 0.305 e. The number of nitrogens with one attached hydrogen (secondary N) is 1. The Kier molecular flexibility index (Phi) is 70.9. The average molecular weight is 1170 g/mol. The van der Waals surface area contributed by atoms with Gasteiger partial charge in [-0.05, 0) is 83.5 Å². The largest absolute Gasteiger partial charge is 0.466 e. The molecule has 0 saturated heterocycles. The van der Waals surface area contributed by atoms with Crippen LogP contribution >= 0.6 is 0 Å². The molecule has 0 saturated carbocycles. The molecule has 0 fully saturated rings. The molecule has 0 aliphatic carbocycles. The Labute approximate surface area is 519 Å². The van der Waals surface area contributed by atoms with E-state index >= 15 is 0 Å². The lowest BCUT2D eigenvalue weighted by Crippen LogP contribution is -2.45. The van der Waals surface area contributed by atoms with Crippen molar-refractivity contribution in [1.29, 1.82) is 0 Å². The summed E-state index contributed by atoms with van der Waals surface area (Å²) in [7, 11) is 0. The molecule has 0 bridgehead atoms. The van der Waals surface area contributed by atoms with Gasteiger partial charge in [0, 0.05) is 12.8 Å². The van der Waals surface area contributed by atoms with Crippen LogP contribution in [0.25, 0.3) is 0 Å². The average Bonchev–Trinajstić information content (AvgIpc) is 3.49. The normalized spacial score (nSPS) is 12.7. The van der Waals surface area contributed by atoms with Gasteiger partial charge in [-0.15, -0.1) is 0 Å². The molecule has 2 unspecified atom stereocenters. The van der Waals surface area contributed by atoms with Gasteiger partial charge in [0.1, 0.15) is 0 Å². The zero-order valence-corrected chi connectivity index (χ0v) is 56.2. The van der Waals surface area contributed by atoms with Crippen molar-refractivity contribution in [3.05, 3.63) is 36.5 Å². The fourth-order valence-electron chi connectivity index (χ4n) is 11.9. The lowest BCUT2D eigenvalue weighted by atomic mass is 10.0. The van der Waals surface area contributed by atoms with E-state index in [1.807, 2.05) is 0 Å². The minimum absolute atomic E-state index is 0.00697. The van der Waals surface area contributed by atoms with E-state index in [0.29, 0.717) is 25.9 Å². The zero-order chi connectivity index (χ0) is 59.9. The third-order valence-electron chi connectivity index (χ3n) is 17.7. The second-order valence-corrected chi connectivity index (χ2v) is 26.0. The van der Waals surface area contributed by atoms with Crippen LogP contribution in [0.1, 0.15) is 418 Å². The maximum atomic E-state index is 12.6. The monoisotopic (exact) mass is 1170 g/mol. The van der Waals surface area contributed by atoms with Crippen LogP contribution in [0.15, 0.2) is 36.5 Å². The van der Waals surface area contributed by atoms with Gasteiger partial charge in [0.15, 0.2) is 0 Å². The molecule has 3 N–H and O–H groups in total. The maximum absolute atomic E-state index is 12.6. The van der Waals surface area contributed by atoms with E-state index in [0.717, 1.165) is 51.4 Å². The predicted octanol–water partition coefficient (Wildman–Crippen LogP) is 24.7. The fraction of sp³-hybridized carbons (Fsp3) is 0.896. The number of unbranched alkanes of at least 4 members (excludes halogenated alkanes) is 54. The molecule has 0 aromatic carbocycles. The van der Waals surface area contributed by atoms with Crippen molar-refractivity contribution < 1.29 is 24.5 Å². The molecule has 0 aliphatic heterocycles. The van der Waals surface area contributed by atoms with Crippen LogP contribution in [0.5, 0.6) is 0 Å². The number of carbonyl (C=O) groups is 2. The second-order valence-electron chi connectivity index (χ2n) is 26.0. The van der Waals surface area contributed by atoms with Gasteiger partial charge in [-0.25, -0.2) is 0 Å². The number of carbonyl (C=O) groups excluding carboxylic acids is 2. The molecule has 0 aromatic rings. The molecule has 0 spiro atoms. The van der Waals surface area contributed by atoms with E-state index in [4.69, 9.17) is 4.74 Å².